The first-order valence-corrected chi connectivity index (χ1v) is 4.54. The van der Waals surface area contributed by atoms with Crippen molar-refractivity contribution in [3.8, 4) is 11.8 Å². The van der Waals surface area contributed by atoms with Crippen molar-refractivity contribution in [1.29, 1.82) is 0 Å². The highest BCUT2D eigenvalue weighted by molar-refractivity contribution is 6.30. The number of esters is 1. The lowest BCUT2D eigenvalue weighted by Crippen LogP contribution is -2.00. The Labute approximate surface area is 101 Å². The summed E-state index contributed by atoms with van der Waals surface area (Å²) in [5.41, 5.74) is 4.89. The van der Waals surface area contributed by atoms with Crippen LogP contribution in [0.3, 0.4) is 0 Å². The Hall–Kier alpha value is -2.33. The second kappa shape index (κ2) is 5.14. The van der Waals surface area contributed by atoms with Gasteiger partial charge in [0.2, 0.25) is 5.82 Å². The number of aromatic nitrogens is 1. The molecular weight excluding hydrogens is 250 g/mol. The van der Waals surface area contributed by atoms with Gasteiger partial charge in [0.25, 0.3) is 0 Å². The third-order valence-corrected chi connectivity index (χ3v) is 1.95. The molecule has 0 atom stereocenters. The van der Waals surface area contributed by atoms with Gasteiger partial charge in [-0.2, -0.15) is 0 Å². The average Bonchev–Trinajstić information content (AvgIpc) is 2.26. The van der Waals surface area contributed by atoms with E-state index in [1.165, 1.54) is 0 Å². The van der Waals surface area contributed by atoms with Crippen LogP contribution in [-0.4, -0.2) is 23.0 Å². The summed E-state index contributed by atoms with van der Waals surface area (Å²) in [6.45, 7) is 0. The van der Waals surface area contributed by atoms with Crippen LogP contribution in [0.1, 0.15) is 5.56 Å². The summed E-state index contributed by atoms with van der Waals surface area (Å²) in [4.78, 5) is 24.2. The van der Waals surface area contributed by atoms with E-state index in [1.807, 2.05) is 0 Å². The second-order valence-corrected chi connectivity index (χ2v) is 3.09. The molecule has 0 fully saturated rings. The predicted molar refractivity (Wildman–Crippen MR) is 59.2 cm³/mol. The van der Waals surface area contributed by atoms with Gasteiger partial charge in [0.15, 0.2) is 0 Å². The lowest BCUT2D eigenvalue weighted by Gasteiger charge is -1.99. The monoisotopic (exact) mass is 255 g/mol. The fourth-order valence-corrected chi connectivity index (χ4v) is 1.09. The van der Waals surface area contributed by atoms with Crippen molar-refractivity contribution >= 4 is 29.1 Å². The zero-order valence-corrected chi connectivity index (χ0v) is 9.32. The van der Waals surface area contributed by atoms with E-state index in [-0.39, 0.29) is 16.5 Å². The molecule has 0 aliphatic rings. The summed E-state index contributed by atoms with van der Waals surface area (Å²) in [6.07, 6.45) is 0. The minimum atomic E-state index is -0.791. The van der Waals surface area contributed by atoms with E-state index >= 15 is 0 Å². The molecule has 0 spiro atoms. The quantitative estimate of drug-likeness (QED) is 0.261. The molecule has 1 aromatic rings. The first-order valence-electron chi connectivity index (χ1n) is 4.16. The number of pyridine rings is 1. The average molecular weight is 256 g/mol. The van der Waals surface area contributed by atoms with Gasteiger partial charge in [-0.3, -0.25) is 10.1 Å². The van der Waals surface area contributed by atoms with Gasteiger partial charge in [0.05, 0.1) is 17.6 Å². The maximum Gasteiger partial charge on any atom is 0.384 e. The molecule has 0 amide bonds. The van der Waals surface area contributed by atoms with E-state index in [0.717, 1.165) is 13.2 Å². The van der Waals surface area contributed by atoms with Gasteiger partial charge in [-0.05, 0) is 0 Å². The van der Waals surface area contributed by atoms with Crippen molar-refractivity contribution in [2.75, 3.05) is 12.8 Å². The smallest absolute Gasteiger partial charge is 0.384 e. The molecule has 7 nitrogen and oxygen atoms in total. The largest absolute Gasteiger partial charge is 0.459 e. The third kappa shape index (κ3) is 3.06. The minimum Gasteiger partial charge on any atom is -0.459 e. The highest BCUT2D eigenvalue weighted by Crippen LogP contribution is 2.24. The summed E-state index contributed by atoms with van der Waals surface area (Å²) in [5, 5.41) is 10.5. The van der Waals surface area contributed by atoms with Crippen molar-refractivity contribution in [2.24, 2.45) is 0 Å². The standard InChI is InChI=1S/C9H6ClN3O4/c1-17-7(14)3-2-5-4-6(13(15)16)9(11)12-8(5)10/h4H,1H3,(H2,11,12). The van der Waals surface area contributed by atoms with Crippen molar-refractivity contribution in [2.45, 2.75) is 0 Å². The highest BCUT2D eigenvalue weighted by Gasteiger charge is 2.16. The Bertz CT molecular complexity index is 547. The molecular formula is C9H6ClN3O4. The van der Waals surface area contributed by atoms with Crippen LogP contribution in [0.4, 0.5) is 11.5 Å². The van der Waals surface area contributed by atoms with Crippen LogP contribution in [-0.2, 0) is 9.53 Å². The summed E-state index contributed by atoms with van der Waals surface area (Å²) in [6, 6.07) is 1.04. The number of nitrogens with two attached hydrogens (primary N) is 1. The van der Waals surface area contributed by atoms with Crippen LogP contribution < -0.4 is 5.73 Å². The Morgan fingerprint density at radius 2 is 2.35 bits per heavy atom. The lowest BCUT2D eigenvalue weighted by atomic mass is 10.2. The first-order chi connectivity index (χ1) is 7.95. The van der Waals surface area contributed by atoms with E-state index in [2.05, 4.69) is 21.6 Å². The van der Waals surface area contributed by atoms with E-state index in [4.69, 9.17) is 17.3 Å². The summed E-state index contributed by atoms with van der Waals surface area (Å²) in [5.74, 6) is 3.28. The fourth-order valence-electron chi connectivity index (χ4n) is 0.897. The van der Waals surface area contributed by atoms with E-state index < -0.39 is 16.6 Å². The van der Waals surface area contributed by atoms with Gasteiger partial charge in [0, 0.05) is 12.0 Å². The summed E-state index contributed by atoms with van der Waals surface area (Å²) in [7, 11) is 1.16. The number of hydrogen-bond acceptors (Lipinski definition) is 6. The number of anilines is 1. The van der Waals surface area contributed by atoms with E-state index in [1.54, 1.807) is 0 Å². The van der Waals surface area contributed by atoms with Gasteiger partial charge >= 0.3 is 11.7 Å². The number of carbonyl (C=O) groups is 1. The Morgan fingerprint density at radius 1 is 1.71 bits per heavy atom. The predicted octanol–water partition coefficient (Wildman–Crippen LogP) is 0.750. The van der Waals surface area contributed by atoms with Crippen LogP contribution in [0.15, 0.2) is 6.07 Å². The molecule has 0 bridgehead atoms. The normalized spacial score (nSPS) is 9.06. The highest BCUT2D eigenvalue weighted by atomic mass is 35.5. The molecule has 0 radical (unpaired) electrons. The number of halogens is 1. The Kier molecular flexibility index (Phi) is 3.85. The Balaban J connectivity index is 3.24. The molecule has 0 aromatic carbocycles. The van der Waals surface area contributed by atoms with Crippen molar-refractivity contribution in [3.05, 3.63) is 26.9 Å². The Morgan fingerprint density at radius 3 is 2.88 bits per heavy atom. The number of nitrogen functional groups attached to an aromatic ring is 1. The number of rotatable bonds is 1. The number of nitrogens with zero attached hydrogens (tertiary/aromatic N) is 2. The van der Waals surface area contributed by atoms with Crippen LogP contribution in [0.5, 0.6) is 0 Å². The molecule has 0 unspecified atom stereocenters. The lowest BCUT2D eigenvalue weighted by molar-refractivity contribution is -0.384. The number of ether oxygens (including phenoxy) is 1. The van der Waals surface area contributed by atoms with Gasteiger partial charge in [-0.1, -0.05) is 17.5 Å². The maximum absolute atomic E-state index is 10.8. The van der Waals surface area contributed by atoms with Gasteiger partial charge in [0.1, 0.15) is 5.15 Å². The van der Waals surface area contributed by atoms with E-state index in [0.29, 0.717) is 0 Å². The topological polar surface area (TPSA) is 108 Å². The fraction of sp³-hybridized carbons (Fsp3) is 0.111. The molecule has 0 aliphatic carbocycles. The van der Waals surface area contributed by atoms with Gasteiger partial charge in [-0.15, -0.1) is 0 Å². The van der Waals surface area contributed by atoms with Gasteiger partial charge < -0.3 is 10.5 Å². The molecule has 1 aromatic heterocycles. The number of nitro groups is 1. The van der Waals surface area contributed by atoms with Crippen molar-refractivity contribution in [1.82, 2.24) is 4.98 Å². The molecule has 1 heterocycles. The van der Waals surface area contributed by atoms with Crippen LogP contribution >= 0.6 is 11.6 Å². The number of methoxy groups -OCH3 is 1. The first kappa shape index (κ1) is 12.7. The van der Waals surface area contributed by atoms with Crippen LogP contribution in [0, 0.1) is 22.0 Å². The number of carbonyl (C=O) groups excluding carboxylic acids is 1. The molecule has 1 rings (SSSR count). The molecule has 17 heavy (non-hydrogen) atoms. The molecule has 2 N–H and O–H groups in total. The molecule has 88 valence electrons. The molecule has 8 heteroatoms. The van der Waals surface area contributed by atoms with Crippen molar-refractivity contribution < 1.29 is 14.5 Å². The summed E-state index contributed by atoms with van der Waals surface area (Å²) < 4.78 is 4.28. The summed E-state index contributed by atoms with van der Waals surface area (Å²) >= 11 is 5.66. The van der Waals surface area contributed by atoms with Gasteiger partial charge in [-0.25, -0.2) is 9.78 Å². The molecule has 0 saturated heterocycles. The number of hydrogen-bond donors (Lipinski definition) is 1. The van der Waals surface area contributed by atoms with Crippen LogP contribution in [0.25, 0.3) is 0 Å². The zero-order chi connectivity index (χ0) is 13.0. The third-order valence-electron chi connectivity index (χ3n) is 1.67. The minimum absolute atomic E-state index is 0.0259. The van der Waals surface area contributed by atoms with Crippen molar-refractivity contribution in [3.63, 3.8) is 0 Å². The van der Waals surface area contributed by atoms with Crippen LogP contribution in [0.2, 0.25) is 5.15 Å². The maximum atomic E-state index is 10.8. The second-order valence-electron chi connectivity index (χ2n) is 2.73. The molecule has 0 saturated carbocycles. The SMILES string of the molecule is COC(=O)C#Cc1cc([N+](=O)[O-])c(N)nc1Cl. The van der Waals surface area contributed by atoms with E-state index in [9.17, 15) is 14.9 Å². The molecule has 0 aliphatic heterocycles. The zero-order valence-electron chi connectivity index (χ0n) is 8.56.